The van der Waals surface area contributed by atoms with E-state index in [4.69, 9.17) is 0 Å². The number of likely N-dealkylation sites (N-methyl/N-ethyl adjacent to an activating group) is 1. The molecule has 5 rings (SSSR count). The Kier molecular flexibility index (Phi) is 3.73. The minimum Gasteiger partial charge on any atom is -0.325 e. The van der Waals surface area contributed by atoms with E-state index in [0.29, 0.717) is 11.7 Å². The molecule has 8 heteroatoms. The van der Waals surface area contributed by atoms with Crippen molar-refractivity contribution >= 4 is 66.7 Å². The number of carbonyl (C=O) groups is 1. The van der Waals surface area contributed by atoms with Crippen LogP contribution in [-0.2, 0) is 4.79 Å². The summed E-state index contributed by atoms with van der Waals surface area (Å²) in [7, 11) is 1.71. The molecule has 0 saturated carbocycles. The van der Waals surface area contributed by atoms with Gasteiger partial charge in [0.25, 0.3) is 5.91 Å². The van der Waals surface area contributed by atoms with Crippen molar-refractivity contribution < 1.29 is 4.79 Å². The highest BCUT2D eigenvalue weighted by molar-refractivity contribution is 7.17. The van der Waals surface area contributed by atoms with Gasteiger partial charge < -0.3 is 5.32 Å². The first kappa shape index (κ1) is 16.1. The fraction of sp³-hybridized carbons (Fsp3) is 0.0526. The molecule has 1 aliphatic heterocycles. The van der Waals surface area contributed by atoms with Crippen LogP contribution in [0.15, 0.2) is 58.1 Å². The lowest BCUT2D eigenvalue weighted by Gasteiger charge is -2.13. The number of fused-ring (bicyclic) bond motifs is 2. The minimum atomic E-state index is -0.138. The Morgan fingerprint density at radius 3 is 2.48 bits per heavy atom. The first-order chi connectivity index (χ1) is 13.2. The van der Waals surface area contributed by atoms with Crippen LogP contribution in [0.1, 0.15) is 5.56 Å². The Balaban J connectivity index is 1.46. The summed E-state index contributed by atoms with van der Waals surface area (Å²) in [6.07, 6.45) is 1.80. The average molecular weight is 391 g/mol. The van der Waals surface area contributed by atoms with Crippen LogP contribution in [0, 0.1) is 0 Å². The quantitative estimate of drug-likeness (QED) is 0.520. The number of hydrogen-bond acceptors (Lipinski definition) is 7. The van der Waals surface area contributed by atoms with Gasteiger partial charge in [-0.15, -0.1) is 22.7 Å². The highest BCUT2D eigenvalue weighted by atomic mass is 32.1. The molecule has 132 valence electrons. The highest BCUT2D eigenvalue weighted by Crippen LogP contribution is 2.25. The van der Waals surface area contributed by atoms with Gasteiger partial charge in [-0.05, 0) is 42.0 Å². The number of rotatable bonds is 2. The fourth-order valence-corrected chi connectivity index (χ4v) is 4.33. The zero-order valence-corrected chi connectivity index (χ0v) is 15.8. The molecule has 0 spiro atoms. The average Bonchev–Trinajstić information content (AvgIpc) is 3.38. The molecule has 0 aliphatic carbocycles. The van der Waals surface area contributed by atoms with Crippen LogP contribution in [0.4, 0.5) is 5.69 Å². The Morgan fingerprint density at radius 2 is 1.70 bits per heavy atom. The van der Waals surface area contributed by atoms with Crippen molar-refractivity contribution in [1.82, 2.24) is 14.9 Å². The topological polar surface area (TPSA) is 70.5 Å². The van der Waals surface area contributed by atoms with Crippen LogP contribution < -0.4 is 5.32 Å². The molecule has 3 heterocycles. The third-order valence-corrected chi connectivity index (χ3v) is 5.90. The number of nitrogens with zero attached hydrogens (tertiary/aromatic N) is 4. The summed E-state index contributed by atoms with van der Waals surface area (Å²) in [6, 6.07) is 11.8. The van der Waals surface area contributed by atoms with E-state index in [1.807, 2.05) is 47.4 Å². The lowest BCUT2D eigenvalue weighted by molar-refractivity contribution is -0.121. The summed E-state index contributed by atoms with van der Waals surface area (Å²) in [4.78, 5) is 27.2. The second-order valence-electron chi connectivity index (χ2n) is 6.07. The maximum absolute atomic E-state index is 12.6. The van der Waals surface area contributed by atoms with E-state index in [-0.39, 0.29) is 5.91 Å². The van der Waals surface area contributed by atoms with E-state index in [2.05, 4.69) is 20.3 Å². The van der Waals surface area contributed by atoms with Crippen LogP contribution in [0.5, 0.6) is 0 Å². The first-order valence-corrected chi connectivity index (χ1v) is 9.95. The molecule has 0 unspecified atom stereocenters. The van der Waals surface area contributed by atoms with E-state index in [9.17, 15) is 4.79 Å². The molecule has 4 aromatic rings. The summed E-state index contributed by atoms with van der Waals surface area (Å²) in [5, 5.41) is 3.23. The second-order valence-corrected chi connectivity index (χ2v) is 7.84. The number of guanidine groups is 1. The van der Waals surface area contributed by atoms with Crippen molar-refractivity contribution in [3.05, 3.63) is 58.7 Å². The minimum absolute atomic E-state index is 0.138. The van der Waals surface area contributed by atoms with Gasteiger partial charge in [-0.1, -0.05) is 6.07 Å². The van der Waals surface area contributed by atoms with E-state index in [0.717, 1.165) is 31.7 Å². The molecule has 27 heavy (non-hydrogen) atoms. The molecule has 0 bridgehead atoms. The summed E-state index contributed by atoms with van der Waals surface area (Å²) in [5.41, 5.74) is 7.76. The maximum Gasteiger partial charge on any atom is 0.279 e. The van der Waals surface area contributed by atoms with Gasteiger partial charge in [0.2, 0.25) is 5.96 Å². The zero-order chi connectivity index (χ0) is 18.4. The lowest BCUT2D eigenvalue weighted by atomic mass is 10.2. The molecular weight excluding hydrogens is 378 g/mol. The Bertz CT molecular complexity index is 1250. The van der Waals surface area contributed by atoms with Crippen LogP contribution in [0.2, 0.25) is 0 Å². The second kappa shape index (κ2) is 6.26. The summed E-state index contributed by atoms with van der Waals surface area (Å²) < 4.78 is 2.17. The van der Waals surface area contributed by atoms with Gasteiger partial charge in [-0.3, -0.25) is 9.69 Å². The maximum atomic E-state index is 12.6. The standard InChI is InChI=1S/C19H13N5OS2/c1-24-18(25)15(6-11-2-4-13-16(7-11)26-9-20-13)23-19(24)22-12-3-5-14-17(8-12)27-10-21-14/h2-10H,1H3,(H,22,23)/b15-6-. The molecule has 0 saturated heterocycles. The van der Waals surface area contributed by atoms with Gasteiger partial charge in [-0.25, -0.2) is 15.0 Å². The van der Waals surface area contributed by atoms with Crippen molar-refractivity contribution in [3.63, 3.8) is 0 Å². The molecule has 1 amide bonds. The number of aromatic nitrogens is 2. The van der Waals surface area contributed by atoms with Gasteiger partial charge in [0.1, 0.15) is 5.70 Å². The van der Waals surface area contributed by atoms with Crippen LogP contribution in [0.25, 0.3) is 26.5 Å². The highest BCUT2D eigenvalue weighted by Gasteiger charge is 2.27. The number of anilines is 1. The van der Waals surface area contributed by atoms with Crippen molar-refractivity contribution in [2.75, 3.05) is 12.4 Å². The van der Waals surface area contributed by atoms with E-state index in [1.165, 1.54) is 4.90 Å². The summed E-state index contributed by atoms with van der Waals surface area (Å²) in [5.74, 6) is 0.370. The number of thiazole rings is 2. The molecule has 2 aromatic carbocycles. The van der Waals surface area contributed by atoms with Gasteiger partial charge in [0.15, 0.2) is 0 Å². The van der Waals surface area contributed by atoms with Crippen LogP contribution >= 0.6 is 22.7 Å². The molecule has 1 aliphatic rings. The van der Waals surface area contributed by atoms with Crippen molar-refractivity contribution in [2.45, 2.75) is 0 Å². The van der Waals surface area contributed by atoms with Crippen molar-refractivity contribution in [1.29, 1.82) is 0 Å². The predicted octanol–water partition coefficient (Wildman–Crippen LogP) is 4.19. The normalized spacial score (nSPS) is 15.9. The Morgan fingerprint density at radius 1 is 1.00 bits per heavy atom. The smallest absolute Gasteiger partial charge is 0.279 e. The van der Waals surface area contributed by atoms with Crippen LogP contribution in [0.3, 0.4) is 0 Å². The van der Waals surface area contributed by atoms with E-state index in [1.54, 1.807) is 35.8 Å². The van der Waals surface area contributed by atoms with Crippen molar-refractivity contribution in [2.24, 2.45) is 4.99 Å². The molecule has 2 aromatic heterocycles. The molecular formula is C19H13N5OS2. The number of hydrogen-bond donors (Lipinski definition) is 1. The zero-order valence-electron chi connectivity index (χ0n) is 14.2. The Labute approximate surface area is 162 Å². The lowest BCUT2D eigenvalue weighted by Crippen LogP contribution is -2.32. The molecule has 0 atom stereocenters. The Hall–Kier alpha value is -3.10. The third kappa shape index (κ3) is 2.88. The van der Waals surface area contributed by atoms with Crippen LogP contribution in [-0.4, -0.2) is 33.8 Å². The first-order valence-electron chi connectivity index (χ1n) is 8.19. The monoisotopic (exact) mass is 391 g/mol. The molecule has 0 radical (unpaired) electrons. The van der Waals surface area contributed by atoms with Crippen molar-refractivity contribution in [3.8, 4) is 0 Å². The number of aliphatic imine (C=N–C) groups is 1. The van der Waals surface area contributed by atoms with Gasteiger partial charge >= 0.3 is 0 Å². The third-order valence-electron chi connectivity index (χ3n) is 4.31. The number of benzene rings is 2. The summed E-state index contributed by atoms with van der Waals surface area (Å²) in [6.45, 7) is 0. The van der Waals surface area contributed by atoms with E-state index < -0.39 is 0 Å². The molecule has 0 fully saturated rings. The van der Waals surface area contributed by atoms with Gasteiger partial charge in [-0.2, -0.15) is 0 Å². The summed E-state index contributed by atoms with van der Waals surface area (Å²) >= 11 is 3.15. The number of carbonyl (C=O) groups excluding carboxylic acids is 1. The van der Waals surface area contributed by atoms with Gasteiger partial charge in [0.05, 0.1) is 31.5 Å². The SMILES string of the molecule is CN1C(=O)/C(=C/c2ccc3ncsc3c2)N=C1Nc1ccc2ncsc2c1. The van der Waals surface area contributed by atoms with Gasteiger partial charge in [0, 0.05) is 12.7 Å². The number of nitrogens with one attached hydrogen (secondary N) is 1. The van der Waals surface area contributed by atoms with E-state index >= 15 is 0 Å². The largest absolute Gasteiger partial charge is 0.325 e. The predicted molar refractivity (Wildman–Crippen MR) is 111 cm³/mol. The number of amides is 1. The fourth-order valence-electron chi connectivity index (χ4n) is 2.89. The molecule has 1 N–H and O–H groups in total. The molecule has 6 nitrogen and oxygen atoms in total.